The molecule has 2 rings (SSSR count). The zero-order valence-electron chi connectivity index (χ0n) is 12.8. The Morgan fingerprint density at radius 1 is 1.27 bits per heavy atom. The number of nitrogens with one attached hydrogen (secondary N) is 1. The van der Waals surface area contributed by atoms with Gasteiger partial charge in [-0.25, -0.2) is 4.79 Å². The fourth-order valence-electron chi connectivity index (χ4n) is 2.29. The van der Waals surface area contributed by atoms with Crippen molar-refractivity contribution in [2.75, 3.05) is 12.4 Å². The van der Waals surface area contributed by atoms with E-state index in [1.165, 1.54) is 0 Å². The molecule has 1 aromatic heterocycles. The van der Waals surface area contributed by atoms with Crippen LogP contribution in [0.1, 0.15) is 31.5 Å². The minimum absolute atomic E-state index is 0.0614. The molecule has 0 spiro atoms. The van der Waals surface area contributed by atoms with Crippen molar-refractivity contribution in [1.29, 1.82) is 0 Å². The molecule has 116 valence electrons. The number of carbonyl (C=O) groups is 1. The molecular formula is C17H20ClN3O. The van der Waals surface area contributed by atoms with Crippen molar-refractivity contribution in [3.63, 3.8) is 0 Å². The van der Waals surface area contributed by atoms with Gasteiger partial charge in [0, 0.05) is 13.2 Å². The number of hydrogen-bond acceptors (Lipinski definition) is 2. The van der Waals surface area contributed by atoms with Crippen molar-refractivity contribution >= 4 is 23.3 Å². The Labute approximate surface area is 136 Å². The van der Waals surface area contributed by atoms with Crippen molar-refractivity contribution < 1.29 is 4.79 Å². The number of carbonyl (C=O) groups excluding carboxylic acids is 1. The summed E-state index contributed by atoms with van der Waals surface area (Å²) in [5, 5.41) is 3.37. The minimum atomic E-state index is -0.197. The molecule has 1 unspecified atom stereocenters. The number of amides is 2. The molecule has 4 nitrogen and oxygen atoms in total. The van der Waals surface area contributed by atoms with Crippen LogP contribution in [0.15, 0.2) is 48.7 Å². The van der Waals surface area contributed by atoms with Crippen LogP contribution in [0.25, 0.3) is 0 Å². The summed E-state index contributed by atoms with van der Waals surface area (Å²) < 4.78 is 0. The number of rotatable bonds is 5. The lowest BCUT2D eigenvalue weighted by Crippen LogP contribution is -2.35. The monoisotopic (exact) mass is 317 g/mol. The largest absolute Gasteiger partial charge is 0.322 e. The van der Waals surface area contributed by atoms with Crippen molar-refractivity contribution in [3.8, 4) is 0 Å². The van der Waals surface area contributed by atoms with Crippen LogP contribution in [0, 0.1) is 0 Å². The van der Waals surface area contributed by atoms with Crippen LogP contribution in [0.2, 0.25) is 5.02 Å². The summed E-state index contributed by atoms with van der Waals surface area (Å²) >= 11 is 6.09. The van der Waals surface area contributed by atoms with Gasteiger partial charge in [0.2, 0.25) is 0 Å². The fraction of sp³-hybridized carbons (Fsp3) is 0.294. The summed E-state index contributed by atoms with van der Waals surface area (Å²) in [6.45, 7) is 2.09. The van der Waals surface area contributed by atoms with Gasteiger partial charge in [0.1, 0.15) is 0 Å². The number of anilines is 1. The molecule has 0 fully saturated rings. The molecular weight excluding hydrogens is 298 g/mol. The Balaban J connectivity index is 2.15. The average Bonchev–Trinajstić information content (AvgIpc) is 2.55. The second kappa shape index (κ2) is 7.80. The Bertz CT molecular complexity index is 618. The van der Waals surface area contributed by atoms with Gasteiger partial charge in [0.25, 0.3) is 0 Å². The van der Waals surface area contributed by atoms with E-state index in [0.717, 1.165) is 18.5 Å². The number of para-hydroxylation sites is 1. The van der Waals surface area contributed by atoms with E-state index in [1.54, 1.807) is 30.3 Å². The first-order valence-electron chi connectivity index (χ1n) is 7.32. The van der Waals surface area contributed by atoms with Gasteiger partial charge < -0.3 is 10.2 Å². The number of aromatic nitrogens is 1. The predicted molar refractivity (Wildman–Crippen MR) is 90.1 cm³/mol. The van der Waals surface area contributed by atoms with Crippen LogP contribution in [0.5, 0.6) is 0 Å². The van der Waals surface area contributed by atoms with Crippen molar-refractivity contribution in [2.45, 2.75) is 25.8 Å². The minimum Gasteiger partial charge on any atom is -0.319 e. The smallest absolute Gasteiger partial charge is 0.319 e. The highest BCUT2D eigenvalue weighted by Gasteiger charge is 2.22. The van der Waals surface area contributed by atoms with E-state index in [2.05, 4.69) is 17.2 Å². The lowest BCUT2D eigenvalue weighted by Gasteiger charge is -2.28. The predicted octanol–water partition coefficient (Wildman–Crippen LogP) is 4.74. The van der Waals surface area contributed by atoms with E-state index < -0.39 is 0 Å². The number of hydrogen-bond donors (Lipinski definition) is 1. The SMILES string of the molecule is CCCC(c1ccccn1)N(C)C(=O)Nc1ccccc1Cl. The molecule has 1 aromatic carbocycles. The van der Waals surface area contributed by atoms with E-state index in [1.807, 2.05) is 30.3 Å². The molecule has 22 heavy (non-hydrogen) atoms. The fourth-order valence-corrected chi connectivity index (χ4v) is 2.48. The third-order valence-electron chi connectivity index (χ3n) is 3.49. The van der Waals surface area contributed by atoms with E-state index in [9.17, 15) is 4.79 Å². The standard InChI is InChI=1S/C17H20ClN3O/c1-3-8-16(15-11-6-7-12-19-15)21(2)17(22)20-14-10-5-4-9-13(14)18/h4-7,9-12,16H,3,8H2,1-2H3,(H,20,22). The lowest BCUT2D eigenvalue weighted by molar-refractivity contribution is 0.199. The molecule has 1 N–H and O–H groups in total. The summed E-state index contributed by atoms with van der Waals surface area (Å²) in [6, 6.07) is 12.7. The van der Waals surface area contributed by atoms with E-state index in [0.29, 0.717) is 10.7 Å². The maximum atomic E-state index is 12.5. The van der Waals surface area contributed by atoms with Gasteiger partial charge in [-0.1, -0.05) is 43.1 Å². The summed E-state index contributed by atoms with van der Waals surface area (Å²) in [5.41, 5.74) is 1.50. The molecule has 0 bridgehead atoms. The topological polar surface area (TPSA) is 45.2 Å². The quantitative estimate of drug-likeness (QED) is 0.865. The van der Waals surface area contributed by atoms with Gasteiger partial charge in [-0.3, -0.25) is 4.98 Å². The number of urea groups is 1. The summed E-state index contributed by atoms with van der Waals surface area (Å²) in [6.07, 6.45) is 3.56. The normalized spacial score (nSPS) is 11.8. The second-order valence-corrected chi connectivity index (χ2v) is 5.49. The number of nitrogens with zero attached hydrogens (tertiary/aromatic N) is 2. The first-order valence-corrected chi connectivity index (χ1v) is 7.70. The molecule has 0 aliphatic carbocycles. The van der Waals surface area contributed by atoms with Crippen molar-refractivity contribution in [1.82, 2.24) is 9.88 Å². The Morgan fingerprint density at radius 3 is 2.64 bits per heavy atom. The Kier molecular flexibility index (Phi) is 5.78. The maximum absolute atomic E-state index is 12.5. The zero-order valence-corrected chi connectivity index (χ0v) is 13.5. The molecule has 5 heteroatoms. The van der Waals surface area contributed by atoms with Gasteiger partial charge in [0.15, 0.2) is 0 Å². The highest BCUT2D eigenvalue weighted by molar-refractivity contribution is 6.33. The molecule has 2 amide bonds. The Hall–Kier alpha value is -2.07. The van der Waals surface area contributed by atoms with Crippen LogP contribution in [0.4, 0.5) is 10.5 Å². The first-order chi connectivity index (χ1) is 10.6. The van der Waals surface area contributed by atoms with Crippen molar-refractivity contribution in [3.05, 3.63) is 59.4 Å². The Morgan fingerprint density at radius 2 is 2.00 bits per heavy atom. The van der Waals surface area contributed by atoms with Gasteiger partial charge in [0.05, 0.1) is 22.4 Å². The maximum Gasteiger partial charge on any atom is 0.322 e. The first kappa shape index (κ1) is 16.3. The van der Waals surface area contributed by atoms with Crippen LogP contribution in [0.3, 0.4) is 0 Å². The van der Waals surface area contributed by atoms with Gasteiger partial charge in [-0.2, -0.15) is 0 Å². The van der Waals surface area contributed by atoms with Crippen LogP contribution < -0.4 is 5.32 Å². The van der Waals surface area contributed by atoms with E-state index in [-0.39, 0.29) is 12.1 Å². The molecule has 0 aliphatic rings. The molecule has 2 aromatic rings. The summed E-state index contributed by atoms with van der Waals surface area (Å²) in [7, 11) is 1.78. The molecule has 1 heterocycles. The molecule has 0 saturated heterocycles. The van der Waals surface area contributed by atoms with Gasteiger partial charge in [-0.15, -0.1) is 0 Å². The summed E-state index contributed by atoms with van der Waals surface area (Å²) in [4.78, 5) is 18.5. The molecule has 1 atom stereocenters. The average molecular weight is 318 g/mol. The third-order valence-corrected chi connectivity index (χ3v) is 3.82. The summed E-state index contributed by atoms with van der Waals surface area (Å²) in [5.74, 6) is 0. The molecule has 0 saturated carbocycles. The van der Waals surface area contributed by atoms with Crippen LogP contribution in [-0.4, -0.2) is 23.0 Å². The molecule has 0 radical (unpaired) electrons. The number of pyridine rings is 1. The highest BCUT2D eigenvalue weighted by Crippen LogP contribution is 2.25. The zero-order chi connectivity index (χ0) is 15.9. The molecule has 0 aliphatic heterocycles. The van der Waals surface area contributed by atoms with Crippen molar-refractivity contribution in [2.24, 2.45) is 0 Å². The van der Waals surface area contributed by atoms with Gasteiger partial charge in [-0.05, 0) is 30.7 Å². The number of benzene rings is 1. The second-order valence-electron chi connectivity index (χ2n) is 5.08. The highest BCUT2D eigenvalue weighted by atomic mass is 35.5. The van der Waals surface area contributed by atoms with Gasteiger partial charge >= 0.3 is 6.03 Å². The van der Waals surface area contributed by atoms with Crippen LogP contribution in [-0.2, 0) is 0 Å². The third kappa shape index (κ3) is 3.98. The lowest BCUT2D eigenvalue weighted by atomic mass is 10.1. The van der Waals surface area contributed by atoms with Crippen LogP contribution >= 0.6 is 11.6 Å². The van der Waals surface area contributed by atoms with E-state index >= 15 is 0 Å². The number of halogens is 1. The van der Waals surface area contributed by atoms with E-state index in [4.69, 9.17) is 11.6 Å².